The summed E-state index contributed by atoms with van der Waals surface area (Å²) in [7, 11) is 0. The lowest BCUT2D eigenvalue weighted by Crippen LogP contribution is -2.41. The molecule has 1 unspecified atom stereocenters. The summed E-state index contributed by atoms with van der Waals surface area (Å²) < 4.78 is 26.7. The number of thiophene rings is 1. The molecule has 2 aromatic heterocycles. The van der Waals surface area contributed by atoms with Crippen LogP contribution in [0.4, 0.5) is 8.78 Å². The van der Waals surface area contributed by atoms with E-state index < -0.39 is 5.92 Å². The van der Waals surface area contributed by atoms with Crippen molar-refractivity contribution < 1.29 is 13.6 Å². The Labute approximate surface area is 198 Å². The van der Waals surface area contributed by atoms with E-state index >= 15 is 0 Å². The molecule has 0 radical (unpaired) electrons. The van der Waals surface area contributed by atoms with Gasteiger partial charge in [0.25, 0.3) is 17.4 Å². The van der Waals surface area contributed by atoms with Crippen LogP contribution in [0, 0.1) is 26.7 Å². The van der Waals surface area contributed by atoms with Gasteiger partial charge < -0.3 is 10.3 Å². The summed E-state index contributed by atoms with van der Waals surface area (Å²) in [5, 5.41) is 4.81. The molecule has 2 N–H and O–H groups in total. The normalized spacial score (nSPS) is 16.7. The molecule has 8 heteroatoms. The Morgan fingerprint density at radius 1 is 1.30 bits per heavy atom. The maximum atomic E-state index is 13.4. The van der Waals surface area contributed by atoms with E-state index in [4.69, 9.17) is 0 Å². The van der Waals surface area contributed by atoms with Crippen molar-refractivity contribution in [3.05, 3.63) is 54.6 Å². The van der Waals surface area contributed by atoms with E-state index in [9.17, 15) is 18.4 Å². The predicted molar refractivity (Wildman–Crippen MR) is 130 cm³/mol. The third-order valence-corrected chi connectivity index (χ3v) is 7.94. The van der Waals surface area contributed by atoms with Gasteiger partial charge in [0.1, 0.15) is 0 Å². The van der Waals surface area contributed by atoms with Crippen LogP contribution in [-0.2, 0) is 6.54 Å². The third-order valence-electron chi connectivity index (χ3n) is 6.72. The highest BCUT2D eigenvalue weighted by molar-refractivity contribution is 7.10. The average Bonchev–Trinajstić information content (AvgIpc) is 3.09. The number of halogens is 2. The smallest absolute Gasteiger partial charge is 0.257 e. The first kappa shape index (κ1) is 25.6. The summed E-state index contributed by atoms with van der Waals surface area (Å²) in [6.45, 7) is 10.2. The second-order valence-corrected chi connectivity index (χ2v) is 10.4. The standard InChI is InChI=1S/C25H35F2N3O2S/c1-6-19(18-7-9-30(10-8-18)14-25(5,26)27)22-17(4)21(13-33-22)23(31)28-12-20-15(2)11-16(3)29-24(20)32/h11,13,18-19H,6-10,12,14H2,1-5H3,(H,28,31)(H,29,32). The summed E-state index contributed by atoms with van der Waals surface area (Å²) >= 11 is 1.61. The maximum Gasteiger partial charge on any atom is 0.257 e. The monoisotopic (exact) mass is 479 g/mol. The number of amides is 1. The zero-order valence-corrected chi connectivity index (χ0v) is 21.0. The molecule has 3 rings (SSSR count). The molecule has 182 valence electrons. The number of aryl methyl sites for hydroxylation is 2. The number of rotatable bonds is 8. The summed E-state index contributed by atoms with van der Waals surface area (Å²) in [6, 6.07) is 1.90. The van der Waals surface area contributed by atoms with Crippen molar-refractivity contribution in [2.24, 2.45) is 5.92 Å². The number of aromatic amines is 1. The summed E-state index contributed by atoms with van der Waals surface area (Å²) in [4.78, 5) is 31.0. The van der Waals surface area contributed by atoms with Crippen molar-refractivity contribution in [3.63, 3.8) is 0 Å². The zero-order valence-electron chi connectivity index (χ0n) is 20.2. The first-order valence-corrected chi connectivity index (χ1v) is 12.5. The molecule has 1 fully saturated rings. The molecular weight excluding hydrogens is 444 g/mol. The lowest BCUT2D eigenvalue weighted by atomic mass is 9.80. The molecule has 0 bridgehead atoms. The molecule has 5 nitrogen and oxygen atoms in total. The lowest BCUT2D eigenvalue weighted by Gasteiger charge is -2.36. The average molecular weight is 480 g/mol. The van der Waals surface area contributed by atoms with Gasteiger partial charge >= 0.3 is 0 Å². The van der Waals surface area contributed by atoms with Crippen LogP contribution in [0.15, 0.2) is 16.2 Å². The molecular formula is C25H35F2N3O2S. The Bertz CT molecular complexity index is 1030. The Morgan fingerprint density at radius 3 is 2.55 bits per heavy atom. The van der Waals surface area contributed by atoms with Gasteiger partial charge in [-0.15, -0.1) is 11.3 Å². The first-order chi connectivity index (χ1) is 15.5. The number of carbonyl (C=O) groups excluding carboxylic acids is 1. The number of aromatic nitrogens is 1. The molecule has 1 amide bonds. The van der Waals surface area contributed by atoms with E-state index in [1.54, 1.807) is 11.3 Å². The van der Waals surface area contributed by atoms with Crippen LogP contribution in [0.3, 0.4) is 0 Å². The molecule has 33 heavy (non-hydrogen) atoms. The van der Waals surface area contributed by atoms with Crippen LogP contribution in [-0.4, -0.2) is 41.3 Å². The number of piperidine rings is 1. The summed E-state index contributed by atoms with van der Waals surface area (Å²) in [6.07, 6.45) is 2.74. The van der Waals surface area contributed by atoms with E-state index in [1.165, 1.54) is 4.88 Å². The highest BCUT2D eigenvalue weighted by Gasteiger charge is 2.32. The van der Waals surface area contributed by atoms with E-state index in [2.05, 4.69) is 17.2 Å². The number of pyridine rings is 1. The van der Waals surface area contributed by atoms with Crippen LogP contribution in [0.2, 0.25) is 0 Å². The maximum absolute atomic E-state index is 13.4. The van der Waals surface area contributed by atoms with Gasteiger partial charge in [-0.05, 0) is 82.2 Å². The quantitative estimate of drug-likeness (QED) is 0.550. The molecule has 2 aromatic rings. The van der Waals surface area contributed by atoms with Crippen LogP contribution < -0.4 is 10.9 Å². The van der Waals surface area contributed by atoms with Gasteiger partial charge in [0, 0.05) is 35.0 Å². The van der Waals surface area contributed by atoms with Crippen molar-refractivity contribution >= 4 is 17.2 Å². The topological polar surface area (TPSA) is 65.2 Å². The highest BCUT2D eigenvalue weighted by Crippen LogP contribution is 2.40. The number of hydrogen-bond acceptors (Lipinski definition) is 4. The minimum atomic E-state index is -2.66. The van der Waals surface area contributed by atoms with E-state index in [1.807, 2.05) is 37.1 Å². The van der Waals surface area contributed by atoms with Gasteiger partial charge in [-0.3, -0.25) is 14.5 Å². The van der Waals surface area contributed by atoms with Crippen LogP contribution in [0.1, 0.15) is 76.6 Å². The van der Waals surface area contributed by atoms with Crippen molar-refractivity contribution in [2.45, 2.75) is 72.3 Å². The van der Waals surface area contributed by atoms with E-state index in [-0.39, 0.29) is 24.6 Å². The fraction of sp³-hybridized carbons (Fsp3) is 0.600. The molecule has 1 aliphatic rings. The molecule has 1 atom stereocenters. The summed E-state index contributed by atoms with van der Waals surface area (Å²) in [5.74, 6) is -2.09. The third kappa shape index (κ3) is 6.29. The SMILES string of the molecule is CCC(c1scc(C(=O)NCc2c(C)cc(C)[nH]c2=O)c1C)C1CCN(CC(C)(F)F)CC1. The molecule has 0 saturated carbocycles. The zero-order chi connectivity index (χ0) is 24.3. The molecule has 3 heterocycles. The van der Waals surface area contributed by atoms with Gasteiger partial charge in [0.05, 0.1) is 12.1 Å². The Kier molecular flexibility index (Phi) is 8.11. The van der Waals surface area contributed by atoms with Gasteiger partial charge in [-0.1, -0.05) is 6.92 Å². The molecule has 0 spiro atoms. The van der Waals surface area contributed by atoms with Crippen molar-refractivity contribution in [1.29, 1.82) is 0 Å². The molecule has 1 aliphatic heterocycles. The van der Waals surface area contributed by atoms with Crippen molar-refractivity contribution in [3.8, 4) is 0 Å². The minimum Gasteiger partial charge on any atom is -0.348 e. The van der Waals surface area contributed by atoms with Gasteiger partial charge in [-0.25, -0.2) is 8.78 Å². The van der Waals surface area contributed by atoms with Gasteiger partial charge in [0.2, 0.25) is 0 Å². The lowest BCUT2D eigenvalue weighted by molar-refractivity contribution is -0.0232. The number of alkyl halides is 2. The molecule has 1 saturated heterocycles. The predicted octanol–water partition coefficient (Wildman–Crippen LogP) is 5.15. The van der Waals surface area contributed by atoms with Gasteiger partial charge in [0.15, 0.2) is 0 Å². The summed E-state index contributed by atoms with van der Waals surface area (Å²) in [5.41, 5.74) is 3.69. The van der Waals surface area contributed by atoms with Gasteiger partial charge in [-0.2, -0.15) is 0 Å². The van der Waals surface area contributed by atoms with Crippen LogP contribution in [0.25, 0.3) is 0 Å². The number of nitrogens with one attached hydrogen (secondary N) is 2. The number of nitrogens with zero attached hydrogens (tertiary/aromatic N) is 1. The van der Waals surface area contributed by atoms with Crippen molar-refractivity contribution in [1.82, 2.24) is 15.2 Å². The van der Waals surface area contributed by atoms with Crippen LogP contribution >= 0.6 is 11.3 Å². The van der Waals surface area contributed by atoms with Crippen LogP contribution in [0.5, 0.6) is 0 Å². The Hall–Kier alpha value is -2.06. The first-order valence-electron chi connectivity index (χ1n) is 11.7. The molecule has 0 aromatic carbocycles. The molecule has 0 aliphatic carbocycles. The second kappa shape index (κ2) is 10.5. The largest absolute Gasteiger partial charge is 0.348 e. The fourth-order valence-corrected chi connectivity index (χ4v) is 6.37. The fourth-order valence-electron chi connectivity index (χ4n) is 5.03. The highest BCUT2D eigenvalue weighted by atomic mass is 32.1. The van der Waals surface area contributed by atoms with Crippen molar-refractivity contribution in [2.75, 3.05) is 19.6 Å². The number of hydrogen-bond donors (Lipinski definition) is 2. The number of likely N-dealkylation sites (tertiary alicyclic amines) is 1. The minimum absolute atomic E-state index is 0.172. The second-order valence-electron chi connectivity index (χ2n) is 9.46. The Balaban J connectivity index is 1.67. The number of H-pyrrole nitrogens is 1. The number of carbonyl (C=O) groups is 1. The van der Waals surface area contributed by atoms with E-state index in [0.717, 1.165) is 43.0 Å². The Morgan fingerprint density at radius 2 is 1.97 bits per heavy atom. The van der Waals surface area contributed by atoms with E-state index in [0.29, 0.717) is 36.1 Å².